The van der Waals surface area contributed by atoms with Crippen molar-refractivity contribution in [3.63, 3.8) is 0 Å². The van der Waals surface area contributed by atoms with E-state index in [9.17, 15) is 13.2 Å². The fourth-order valence-electron chi connectivity index (χ4n) is 2.61. The fraction of sp³-hybridized carbons (Fsp3) is 0.250. The number of carbonyl (C=O) groups is 1. The lowest BCUT2D eigenvalue weighted by atomic mass is 10.1. The summed E-state index contributed by atoms with van der Waals surface area (Å²) in [5.74, 6) is 0.312. The van der Waals surface area contributed by atoms with Gasteiger partial charge in [0.05, 0.1) is 6.04 Å². The highest BCUT2D eigenvalue weighted by molar-refractivity contribution is 7.91. The highest BCUT2D eigenvalue weighted by Gasteiger charge is 2.23. The molecule has 0 fully saturated rings. The molecule has 2 N–H and O–H groups in total. The number of aryl methyl sites for hydroxylation is 2. The number of sulfonamides is 1. The van der Waals surface area contributed by atoms with Crippen LogP contribution >= 0.6 is 11.3 Å². The molecule has 0 aliphatic rings. The highest BCUT2D eigenvalue weighted by Crippen LogP contribution is 2.21. The molecule has 1 heterocycles. The van der Waals surface area contributed by atoms with Crippen LogP contribution in [0.2, 0.25) is 0 Å². The summed E-state index contributed by atoms with van der Waals surface area (Å²) in [5.41, 5.74) is 2.36. The first kappa shape index (κ1) is 21.9. The molecule has 3 aromatic rings. The Balaban J connectivity index is 1.60. The lowest BCUT2D eigenvalue weighted by Crippen LogP contribution is -2.36. The Morgan fingerprint density at radius 2 is 1.90 bits per heavy atom. The van der Waals surface area contributed by atoms with Crippen molar-refractivity contribution in [1.82, 2.24) is 14.9 Å². The maximum Gasteiger partial charge on any atom is 0.270 e. The van der Waals surface area contributed by atoms with Gasteiger partial charge in [0.25, 0.3) is 15.9 Å². The fourth-order valence-corrected chi connectivity index (χ4v) is 4.75. The molecule has 0 saturated heterocycles. The maximum atomic E-state index is 12.6. The van der Waals surface area contributed by atoms with Crippen LogP contribution in [0.3, 0.4) is 0 Å². The van der Waals surface area contributed by atoms with Crippen molar-refractivity contribution in [2.45, 2.75) is 31.2 Å². The number of anilines is 1. The average molecular weight is 447 g/mol. The first-order valence-corrected chi connectivity index (χ1v) is 11.5. The molecule has 158 valence electrons. The van der Waals surface area contributed by atoms with Crippen LogP contribution in [0.1, 0.15) is 28.4 Å². The SMILES string of the molecule is Cc1cccc(C(=O)Nc2nnc(S(=O)(=O)N[C@@H](C)COc3ccccc3C)s2)c1. The van der Waals surface area contributed by atoms with Crippen LogP contribution in [0.5, 0.6) is 5.75 Å². The van der Waals surface area contributed by atoms with Gasteiger partial charge in [-0.2, -0.15) is 0 Å². The average Bonchev–Trinajstić information content (AvgIpc) is 3.16. The van der Waals surface area contributed by atoms with Crippen molar-refractivity contribution in [3.05, 3.63) is 65.2 Å². The van der Waals surface area contributed by atoms with Crippen molar-refractivity contribution < 1.29 is 17.9 Å². The van der Waals surface area contributed by atoms with Crippen molar-refractivity contribution in [3.8, 4) is 5.75 Å². The van der Waals surface area contributed by atoms with E-state index in [0.717, 1.165) is 22.5 Å². The molecule has 1 atom stereocenters. The summed E-state index contributed by atoms with van der Waals surface area (Å²) in [6.07, 6.45) is 0. The van der Waals surface area contributed by atoms with E-state index in [2.05, 4.69) is 20.2 Å². The van der Waals surface area contributed by atoms with Crippen LogP contribution in [0.25, 0.3) is 0 Å². The number of nitrogens with one attached hydrogen (secondary N) is 2. The van der Waals surface area contributed by atoms with Crippen molar-refractivity contribution in [1.29, 1.82) is 0 Å². The lowest BCUT2D eigenvalue weighted by Gasteiger charge is -2.15. The summed E-state index contributed by atoms with van der Waals surface area (Å²) < 4.78 is 33.1. The third-order valence-electron chi connectivity index (χ3n) is 4.08. The molecule has 2 aromatic carbocycles. The van der Waals surface area contributed by atoms with Gasteiger partial charge in [-0.3, -0.25) is 10.1 Å². The second kappa shape index (κ2) is 9.33. The normalized spacial score (nSPS) is 12.4. The van der Waals surface area contributed by atoms with E-state index in [1.807, 2.05) is 44.2 Å². The van der Waals surface area contributed by atoms with Crippen molar-refractivity contribution in [2.24, 2.45) is 0 Å². The zero-order valence-electron chi connectivity index (χ0n) is 16.7. The summed E-state index contributed by atoms with van der Waals surface area (Å²) in [4.78, 5) is 12.3. The molecule has 1 amide bonds. The van der Waals surface area contributed by atoms with Gasteiger partial charge in [0, 0.05) is 5.56 Å². The molecule has 0 unspecified atom stereocenters. The van der Waals surface area contributed by atoms with Crippen LogP contribution in [0.4, 0.5) is 5.13 Å². The molecule has 1 aromatic heterocycles. The molecule has 30 heavy (non-hydrogen) atoms. The molecular formula is C20H22N4O4S2. The number of hydrogen-bond donors (Lipinski definition) is 2. The number of benzene rings is 2. The maximum absolute atomic E-state index is 12.6. The molecule has 0 aliphatic carbocycles. The summed E-state index contributed by atoms with van der Waals surface area (Å²) >= 11 is 0.780. The van der Waals surface area contributed by atoms with E-state index in [4.69, 9.17) is 4.74 Å². The summed E-state index contributed by atoms with van der Waals surface area (Å²) in [7, 11) is -3.90. The van der Waals surface area contributed by atoms with Crippen LogP contribution < -0.4 is 14.8 Å². The predicted octanol–water partition coefficient (Wildman–Crippen LogP) is 3.15. The van der Waals surface area contributed by atoms with Gasteiger partial charge >= 0.3 is 0 Å². The number of aromatic nitrogens is 2. The Morgan fingerprint density at radius 1 is 1.13 bits per heavy atom. The van der Waals surface area contributed by atoms with Crippen molar-refractivity contribution in [2.75, 3.05) is 11.9 Å². The molecule has 0 radical (unpaired) electrons. The van der Waals surface area contributed by atoms with Crippen LogP contribution in [0, 0.1) is 13.8 Å². The topological polar surface area (TPSA) is 110 Å². The number of rotatable bonds is 8. The molecule has 0 bridgehead atoms. The number of ether oxygens (including phenoxy) is 1. The van der Waals surface area contributed by atoms with Gasteiger partial charge in [-0.05, 0) is 44.5 Å². The Bertz CT molecular complexity index is 1140. The zero-order chi connectivity index (χ0) is 21.7. The second-order valence-corrected chi connectivity index (χ2v) is 9.66. The molecular weight excluding hydrogens is 424 g/mol. The largest absolute Gasteiger partial charge is 0.492 e. The third kappa shape index (κ3) is 5.62. The third-order valence-corrected chi connectivity index (χ3v) is 6.87. The van der Waals surface area contributed by atoms with E-state index >= 15 is 0 Å². The number of carbonyl (C=O) groups excluding carboxylic acids is 1. The second-order valence-electron chi connectivity index (χ2n) is 6.80. The smallest absolute Gasteiger partial charge is 0.270 e. The Morgan fingerprint density at radius 3 is 2.63 bits per heavy atom. The van der Waals surface area contributed by atoms with Gasteiger partial charge in [-0.1, -0.05) is 47.2 Å². The van der Waals surface area contributed by atoms with Gasteiger partial charge in [0.1, 0.15) is 12.4 Å². The van der Waals surface area contributed by atoms with E-state index in [1.165, 1.54) is 0 Å². The summed E-state index contributed by atoms with van der Waals surface area (Å²) in [6.45, 7) is 5.64. The van der Waals surface area contributed by atoms with Gasteiger partial charge in [-0.25, -0.2) is 13.1 Å². The number of hydrogen-bond acceptors (Lipinski definition) is 7. The van der Waals surface area contributed by atoms with E-state index in [0.29, 0.717) is 11.3 Å². The minimum absolute atomic E-state index is 0.102. The standard InChI is InChI=1S/C20H22N4O4S2/c1-13-7-6-9-16(11-13)18(25)21-19-22-23-20(29-19)30(26,27)24-15(3)12-28-17-10-5-4-8-14(17)2/h4-11,15,24H,12H2,1-3H3,(H,21,22,25)/t15-/m0/s1. The molecule has 0 saturated carbocycles. The Kier molecular flexibility index (Phi) is 6.80. The Hall–Kier alpha value is -2.82. The lowest BCUT2D eigenvalue weighted by molar-refractivity contribution is 0.102. The van der Waals surface area contributed by atoms with Crippen LogP contribution in [0.15, 0.2) is 52.9 Å². The van der Waals surface area contributed by atoms with Gasteiger partial charge in [-0.15, -0.1) is 10.2 Å². The van der Waals surface area contributed by atoms with E-state index in [-0.39, 0.29) is 22.0 Å². The quantitative estimate of drug-likeness (QED) is 0.514. The number of amides is 1. The predicted molar refractivity (Wildman–Crippen MR) is 115 cm³/mol. The summed E-state index contributed by atoms with van der Waals surface area (Å²) in [6, 6.07) is 14.0. The van der Waals surface area contributed by atoms with E-state index < -0.39 is 16.1 Å². The number of nitrogens with zero attached hydrogens (tertiary/aromatic N) is 2. The van der Waals surface area contributed by atoms with Gasteiger partial charge < -0.3 is 4.74 Å². The molecule has 3 rings (SSSR count). The zero-order valence-corrected chi connectivity index (χ0v) is 18.4. The first-order chi connectivity index (χ1) is 14.2. The molecule has 10 heteroatoms. The van der Waals surface area contributed by atoms with Crippen LogP contribution in [-0.4, -0.2) is 37.2 Å². The number of para-hydroxylation sites is 1. The highest BCUT2D eigenvalue weighted by atomic mass is 32.2. The molecule has 8 nitrogen and oxygen atoms in total. The van der Waals surface area contributed by atoms with Gasteiger partial charge in [0.2, 0.25) is 9.47 Å². The minimum atomic E-state index is -3.90. The van der Waals surface area contributed by atoms with Crippen molar-refractivity contribution >= 4 is 32.4 Å². The Labute approximate surface area is 179 Å². The molecule has 0 aliphatic heterocycles. The molecule has 0 spiro atoms. The summed E-state index contributed by atoms with van der Waals surface area (Å²) in [5, 5.41) is 10.1. The first-order valence-electron chi connectivity index (χ1n) is 9.17. The minimum Gasteiger partial charge on any atom is -0.492 e. The van der Waals surface area contributed by atoms with Gasteiger partial charge in [0.15, 0.2) is 0 Å². The monoisotopic (exact) mass is 446 g/mol. The van der Waals surface area contributed by atoms with Crippen LogP contribution in [-0.2, 0) is 10.0 Å². The van der Waals surface area contributed by atoms with E-state index in [1.54, 1.807) is 25.1 Å².